The van der Waals surface area contributed by atoms with Gasteiger partial charge in [0.1, 0.15) is 0 Å². The Morgan fingerprint density at radius 3 is 2.59 bits per heavy atom. The largest absolute Gasteiger partial charge is 0.492 e. The lowest BCUT2D eigenvalue weighted by Gasteiger charge is -2.37. The second kappa shape index (κ2) is 6.18. The molecule has 1 saturated heterocycles. The minimum atomic E-state index is -4.94. The number of nitrogens with zero attached hydrogens (tertiary/aromatic N) is 1. The van der Waals surface area contributed by atoms with Crippen LogP contribution in [0.15, 0.2) is 0 Å². The first-order valence-corrected chi connectivity index (χ1v) is 5.32. The van der Waals surface area contributed by atoms with E-state index in [0.29, 0.717) is 13.0 Å². The Morgan fingerprint density at radius 2 is 2.06 bits per heavy atom. The molecule has 0 atom stereocenters. The van der Waals surface area contributed by atoms with Crippen LogP contribution in [-0.2, 0) is 9.63 Å². The van der Waals surface area contributed by atoms with Gasteiger partial charge in [0.05, 0.1) is 13.1 Å². The van der Waals surface area contributed by atoms with E-state index in [1.54, 1.807) is 0 Å². The molecule has 1 aliphatic rings. The highest BCUT2D eigenvalue weighted by molar-refractivity contribution is 5.75. The maximum Gasteiger partial charge on any atom is 0.492 e. The van der Waals surface area contributed by atoms with Crippen LogP contribution in [0.2, 0.25) is 0 Å². The van der Waals surface area contributed by atoms with Crippen molar-refractivity contribution in [3.05, 3.63) is 0 Å². The van der Waals surface area contributed by atoms with E-state index in [2.05, 4.69) is 10.2 Å². The van der Waals surface area contributed by atoms with Crippen LogP contribution in [0.25, 0.3) is 0 Å². The maximum atomic E-state index is 11.8. The van der Waals surface area contributed by atoms with Crippen molar-refractivity contribution in [1.29, 1.82) is 0 Å². The summed E-state index contributed by atoms with van der Waals surface area (Å²) in [6.07, 6.45) is -3.46. The van der Waals surface area contributed by atoms with Crippen molar-refractivity contribution < 1.29 is 27.9 Å². The minimum absolute atomic E-state index is 0.0368. The van der Waals surface area contributed by atoms with E-state index in [-0.39, 0.29) is 25.7 Å². The van der Waals surface area contributed by atoms with Gasteiger partial charge in [0, 0.05) is 12.6 Å². The number of hydrogen-bond donors (Lipinski definition) is 2. The third kappa shape index (κ3) is 4.88. The summed E-state index contributed by atoms with van der Waals surface area (Å²) in [5.74, 6) is -2.18. The summed E-state index contributed by atoms with van der Waals surface area (Å²) >= 11 is 0. The molecule has 1 aliphatic heterocycles. The number of aliphatic hydroxyl groups is 1. The molecule has 0 amide bonds. The number of halogens is 3. The number of rotatable bonds is 6. The highest BCUT2D eigenvalue weighted by Crippen LogP contribution is 2.19. The van der Waals surface area contributed by atoms with Gasteiger partial charge in [-0.15, -0.1) is 5.06 Å². The second-order valence-electron chi connectivity index (χ2n) is 3.81. The van der Waals surface area contributed by atoms with Gasteiger partial charge in [-0.3, -0.25) is 0 Å². The summed E-state index contributed by atoms with van der Waals surface area (Å²) in [4.78, 5) is 14.5. The van der Waals surface area contributed by atoms with Crippen LogP contribution in [-0.4, -0.2) is 54.6 Å². The lowest BCUT2D eigenvalue weighted by molar-refractivity contribution is -0.253. The fourth-order valence-corrected chi connectivity index (χ4v) is 1.35. The molecule has 0 aliphatic carbocycles. The number of hydrogen-bond acceptors (Lipinski definition) is 5. The standard InChI is InChI=1S/C9H15F3N2O3/c10-9(11,12)8(16)17-14-5-7(6-14)13-3-1-2-4-15/h7,13,15H,1-6H2. The lowest BCUT2D eigenvalue weighted by atomic mass is 10.1. The first-order chi connectivity index (χ1) is 7.93. The van der Waals surface area contributed by atoms with Crippen LogP contribution in [0.5, 0.6) is 0 Å². The first kappa shape index (κ1) is 14.2. The molecule has 0 saturated carbocycles. The third-order valence-electron chi connectivity index (χ3n) is 2.31. The Morgan fingerprint density at radius 1 is 1.41 bits per heavy atom. The van der Waals surface area contributed by atoms with Gasteiger partial charge in [-0.2, -0.15) is 13.2 Å². The third-order valence-corrected chi connectivity index (χ3v) is 2.31. The number of carbonyl (C=O) groups excluding carboxylic acids is 1. The molecule has 1 fully saturated rings. The number of unbranched alkanes of at least 4 members (excludes halogenated alkanes) is 1. The fourth-order valence-electron chi connectivity index (χ4n) is 1.35. The fraction of sp³-hybridized carbons (Fsp3) is 0.889. The highest BCUT2D eigenvalue weighted by atomic mass is 19.4. The zero-order valence-electron chi connectivity index (χ0n) is 9.16. The van der Waals surface area contributed by atoms with E-state index in [9.17, 15) is 18.0 Å². The van der Waals surface area contributed by atoms with Crippen molar-refractivity contribution in [2.75, 3.05) is 26.2 Å². The molecule has 0 aromatic rings. The highest BCUT2D eigenvalue weighted by Gasteiger charge is 2.44. The minimum Gasteiger partial charge on any atom is -0.396 e. The van der Waals surface area contributed by atoms with Crippen LogP contribution < -0.4 is 5.32 Å². The molecule has 17 heavy (non-hydrogen) atoms. The normalized spacial score (nSPS) is 17.9. The summed E-state index contributed by atoms with van der Waals surface area (Å²) in [5.41, 5.74) is 0. The van der Waals surface area contributed by atoms with Crippen molar-refractivity contribution in [3.63, 3.8) is 0 Å². The van der Waals surface area contributed by atoms with Gasteiger partial charge in [-0.05, 0) is 19.4 Å². The van der Waals surface area contributed by atoms with E-state index < -0.39 is 12.1 Å². The summed E-state index contributed by atoms with van der Waals surface area (Å²) in [5, 5.41) is 12.6. The molecule has 1 rings (SSSR count). The van der Waals surface area contributed by atoms with Gasteiger partial charge in [0.2, 0.25) is 0 Å². The van der Waals surface area contributed by atoms with Gasteiger partial charge in [0.15, 0.2) is 0 Å². The predicted octanol–water partition coefficient (Wildman–Crippen LogP) is 0.0532. The molecular formula is C9H15F3N2O3. The Labute approximate surface area is 96.5 Å². The van der Waals surface area contributed by atoms with Crippen molar-refractivity contribution in [2.45, 2.75) is 25.1 Å². The van der Waals surface area contributed by atoms with Gasteiger partial charge in [0.25, 0.3) is 0 Å². The summed E-state index contributed by atoms with van der Waals surface area (Å²) in [7, 11) is 0. The van der Waals surface area contributed by atoms with E-state index in [1.807, 2.05) is 0 Å². The molecule has 0 radical (unpaired) electrons. The molecule has 100 valence electrons. The molecule has 0 unspecified atom stereocenters. The molecule has 0 aromatic carbocycles. The van der Waals surface area contributed by atoms with E-state index in [0.717, 1.165) is 11.5 Å². The number of carbonyl (C=O) groups is 1. The Hall–Kier alpha value is -0.860. The summed E-state index contributed by atoms with van der Waals surface area (Å²) in [6, 6.07) is 0.0368. The smallest absolute Gasteiger partial charge is 0.396 e. The molecule has 2 N–H and O–H groups in total. The Kier molecular flexibility index (Phi) is 5.16. The van der Waals surface area contributed by atoms with Crippen LogP contribution >= 0.6 is 0 Å². The van der Waals surface area contributed by atoms with Crippen LogP contribution in [0, 0.1) is 0 Å². The molecular weight excluding hydrogens is 241 g/mol. The number of alkyl halides is 3. The molecule has 0 bridgehead atoms. The van der Waals surface area contributed by atoms with Crippen molar-refractivity contribution in [3.8, 4) is 0 Å². The van der Waals surface area contributed by atoms with Crippen LogP contribution in [0.3, 0.4) is 0 Å². The number of nitrogens with one attached hydrogen (secondary N) is 1. The predicted molar refractivity (Wildman–Crippen MR) is 51.8 cm³/mol. The number of aliphatic hydroxyl groups excluding tert-OH is 1. The average Bonchev–Trinajstić information content (AvgIpc) is 2.18. The topological polar surface area (TPSA) is 61.8 Å². The Balaban J connectivity index is 2.05. The van der Waals surface area contributed by atoms with Crippen LogP contribution in [0.1, 0.15) is 12.8 Å². The van der Waals surface area contributed by atoms with Gasteiger partial charge in [-0.25, -0.2) is 4.79 Å². The molecule has 0 spiro atoms. The van der Waals surface area contributed by atoms with Gasteiger partial charge >= 0.3 is 12.1 Å². The first-order valence-electron chi connectivity index (χ1n) is 5.32. The SMILES string of the molecule is O=C(ON1CC(NCCCCO)C1)C(F)(F)F. The summed E-state index contributed by atoms with van der Waals surface area (Å²) in [6.45, 7) is 1.32. The van der Waals surface area contributed by atoms with E-state index in [1.165, 1.54) is 0 Å². The van der Waals surface area contributed by atoms with Crippen molar-refractivity contribution >= 4 is 5.97 Å². The van der Waals surface area contributed by atoms with Crippen LogP contribution in [0.4, 0.5) is 13.2 Å². The zero-order chi connectivity index (χ0) is 12.9. The monoisotopic (exact) mass is 256 g/mol. The van der Waals surface area contributed by atoms with Crippen molar-refractivity contribution in [1.82, 2.24) is 10.4 Å². The van der Waals surface area contributed by atoms with Gasteiger partial charge in [-0.1, -0.05) is 0 Å². The molecule has 0 aromatic heterocycles. The van der Waals surface area contributed by atoms with Gasteiger partial charge < -0.3 is 15.3 Å². The summed E-state index contributed by atoms with van der Waals surface area (Å²) < 4.78 is 35.4. The zero-order valence-corrected chi connectivity index (χ0v) is 9.16. The Bertz CT molecular complexity index is 254. The van der Waals surface area contributed by atoms with Crippen molar-refractivity contribution in [2.24, 2.45) is 0 Å². The molecule has 1 heterocycles. The maximum absolute atomic E-state index is 11.8. The quantitative estimate of drug-likeness (QED) is 0.658. The average molecular weight is 256 g/mol. The number of hydroxylamine groups is 2. The molecule has 8 heteroatoms. The van der Waals surface area contributed by atoms with E-state index >= 15 is 0 Å². The second-order valence-corrected chi connectivity index (χ2v) is 3.81. The van der Waals surface area contributed by atoms with E-state index in [4.69, 9.17) is 5.11 Å². The molecule has 5 nitrogen and oxygen atoms in total. The lowest BCUT2D eigenvalue weighted by Crippen LogP contribution is -2.59.